The van der Waals surface area contributed by atoms with Crippen molar-refractivity contribution in [2.45, 2.75) is 17.9 Å². The molecule has 2 aliphatic rings. The Labute approximate surface area is 122 Å². The zero-order chi connectivity index (χ0) is 15.2. The van der Waals surface area contributed by atoms with E-state index in [-0.39, 0.29) is 24.6 Å². The van der Waals surface area contributed by atoms with Gasteiger partial charge in [-0.3, -0.25) is 4.79 Å². The van der Waals surface area contributed by atoms with Crippen molar-refractivity contribution in [2.24, 2.45) is 0 Å². The highest BCUT2D eigenvalue weighted by molar-refractivity contribution is 7.89. The lowest BCUT2D eigenvalue weighted by Crippen LogP contribution is -2.62. The first-order valence-electron chi connectivity index (χ1n) is 6.45. The third-order valence-corrected chi connectivity index (χ3v) is 5.48. The van der Waals surface area contributed by atoms with Crippen molar-refractivity contribution in [1.82, 2.24) is 9.21 Å². The van der Waals surface area contributed by atoms with Gasteiger partial charge in [0, 0.05) is 13.1 Å². The van der Waals surface area contributed by atoms with Crippen LogP contribution in [0, 0.1) is 6.92 Å². The molecule has 0 unspecified atom stereocenters. The molecule has 0 N–H and O–H groups in total. The number of hydrogen-bond acceptors (Lipinski definition) is 5. The molecule has 0 radical (unpaired) electrons. The van der Waals surface area contributed by atoms with Gasteiger partial charge in [0.1, 0.15) is 0 Å². The molecular formula is C13H14N2O5S. The monoisotopic (exact) mass is 310 g/mol. The van der Waals surface area contributed by atoms with E-state index >= 15 is 0 Å². The van der Waals surface area contributed by atoms with Crippen LogP contribution in [0.4, 0.5) is 4.79 Å². The SMILES string of the molecule is Cc1ccc(S(=O)(=O)N2CC(N3C(=O)COC3=O)C2)cc1. The molecule has 2 saturated heterocycles. The first kappa shape index (κ1) is 14.0. The number of hydrogen-bond donors (Lipinski definition) is 0. The highest BCUT2D eigenvalue weighted by Gasteiger charge is 2.46. The number of carbonyl (C=O) groups is 2. The van der Waals surface area contributed by atoms with Gasteiger partial charge in [0.05, 0.1) is 10.9 Å². The summed E-state index contributed by atoms with van der Waals surface area (Å²) in [5, 5.41) is 0. The van der Waals surface area contributed by atoms with E-state index in [1.165, 1.54) is 4.31 Å². The van der Waals surface area contributed by atoms with Crippen molar-refractivity contribution in [3.05, 3.63) is 29.8 Å². The van der Waals surface area contributed by atoms with Gasteiger partial charge in [-0.2, -0.15) is 4.31 Å². The molecule has 0 spiro atoms. The van der Waals surface area contributed by atoms with Crippen molar-refractivity contribution in [2.75, 3.05) is 19.7 Å². The summed E-state index contributed by atoms with van der Waals surface area (Å²) < 4.78 is 30.6. The quantitative estimate of drug-likeness (QED) is 0.804. The van der Waals surface area contributed by atoms with Gasteiger partial charge in [0.15, 0.2) is 6.61 Å². The normalized spacial score (nSPS) is 20.5. The lowest BCUT2D eigenvalue weighted by Gasteiger charge is -2.40. The molecule has 0 aromatic heterocycles. The predicted molar refractivity (Wildman–Crippen MR) is 71.9 cm³/mol. The van der Waals surface area contributed by atoms with Gasteiger partial charge in [-0.15, -0.1) is 0 Å². The minimum atomic E-state index is -3.57. The third kappa shape index (κ3) is 2.30. The van der Waals surface area contributed by atoms with E-state index in [4.69, 9.17) is 0 Å². The number of sulfonamides is 1. The smallest absolute Gasteiger partial charge is 0.417 e. The molecule has 21 heavy (non-hydrogen) atoms. The maximum atomic E-state index is 12.4. The Hall–Kier alpha value is -1.93. The Balaban J connectivity index is 1.72. The third-order valence-electron chi connectivity index (χ3n) is 3.64. The number of benzene rings is 1. The summed E-state index contributed by atoms with van der Waals surface area (Å²) in [6.07, 6.45) is -0.697. The summed E-state index contributed by atoms with van der Waals surface area (Å²) >= 11 is 0. The number of nitrogens with zero attached hydrogens (tertiary/aromatic N) is 2. The van der Waals surface area contributed by atoms with Crippen LogP contribution < -0.4 is 0 Å². The van der Waals surface area contributed by atoms with E-state index < -0.39 is 28.1 Å². The average Bonchev–Trinajstić information content (AvgIpc) is 2.69. The number of cyclic esters (lactones) is 1. The highest BCUT2D eigenvalue weighted by atomic mass is 32.2. The highest BCUT2D eigenvalue weighted by Crippen LogP contribution is 2.26. The molecular weight excluding hydrogens is 296 g/mol. The maximum absolute atomic E-state index is 12.4. The minimum Gasteiger partial charge on any atom is -0.439 e. The van der Waals surface area contributed by atoms with Crippen LogP contribution in [-0.2, 0) is 19.6 Å². The lowest BCUT2D eigenvalue weighted by molar-refractivity contribution is -0.128. The number of aryl methyl sites for hydroxylation is 1. The van der Waals surface area contributed by atoms with Gasteiger partial charge in [0.2, 0.25) is 10.0 Å². The van der Waals surface area contributed by atoms with Crippen LogP contribution in [0.25, 0.3) is 0 Å². The van der Waals surface area contributed by atoms with Crippen molar-refractivity contribution in [3.8, 4) is 0 Å². The second-order valence-electron chi connectivity index (χ2n) is 5.11. The van der Waals surface area contributed by atoms with Gasteiger partial charge >= 0.3 is 6.09 Å². The number of amides is 2. The molecule has 2 fully saturated rings. The first-order valence-corrected chi connectivity index (χ1v) is 7.89. The summed E-state index contributed by atoms with van der Waals surface area (Å²) in [5.41, 5.74) is 0.973. The minimum absolute atomic E-state index is 0.108. The number of carbonyl (C=O) groups excluding carboxylic acids is 2. The van der Waals surface area contributed by atoms with Crippen molar-refractivity contribution in [3.63, 3.8) is 0 Å². The van der Waals surface area contributed by atoms with Gasteiger partial charge in [-0.25, -0.2) is 18.1 Å². The Morgan fingerprint density at radius 1 is 1.14 bits per heavy atom. The Bertz CT molecular complexity index is 676. The topological polar surface area (TPSA) is 84.0 Å². The molecule has 3 rings (SSSR count). The fourth-order valence-electron chi connectivity index (χ4n) is 2.35. The fourth-order valence-corrected chi connectivity index (χ4v) is 3.87. The molecule has 2 amide bonds. The summed E-state index contributed by atoms with van der Waals surface area (Å²) in [4.78, 5) is 24.1. The zero-order valence-corrected chi connectivity index (χ0v) is 12.2. The second-order valence-corrected chi connectivity index (χ2v) is 7.05. The Kier molecular flexibility index (Phi) is 3.22. The molecule has 0 atom stereocenters. The predicted octanol–water partition coefficient (Wildman–Crippen LogP) is 0.347. The summed E-state index contributed by atoms with van der Waals surface area (Å²) in [6.45, 7) is 1.83. The van der Waals surface area contributed by atoms with Crippen LogP contribution in [0.5, 0.6) is 0 Å². The van der Waals surface area contributed by atoms with Gasteiger partial charge in [-0.05, 0) is 19.1 Å². The van der Waals surface area contributed by atoms with Gasteiger partial charge in [-0.1, -0.05) is 17.7 Å². The maximum Gasteiger partial charge on any atom is 0.417 e. The lowest BCUT2D eigenvalue weighted by atomic mass is 10.1. The molecule has 1 aromatic rings. The van der Waals surface area contributed by atoms with Crippen LogP contribution in [0.1, 0.15) is 5.56 Å². The van der Waals surface area contributed by atoms with Crippen LogP contribution in [-0.4, -0.2) is 55.4 Å². The summed E-state index contributed by atoms with van der Waals surface area (Å²) in [5.74, 6) is -0.419. The molecule has 0 saturated carbocycles. The molecule has 1 aromatic carbocycles. The number of imide groups is 1. The standard InChI is InChI=1S/C13H14N2O5S/c1-9-2-4-11(5-3-9)21(18,19)14-6-10(7-14)15-12(16)8-20-13(15)17/h2-5,10H,6-8H2,1H3. The molecule has 2 heterocycles. The van der Waals surface area contributed by atoms with E-state index in [1.807, 2.05) is 6.92 Å². The van der Waals surface area contributed by atoms with Gasteiger partial charge in [0.25, 0.3) is 5.91 Å². The number of rotatable bonds is 3. The molecule has 0 bridgehead atoms. The van der Waals surface area contributed by atoms with Crippen LogP contribution in [0.15, 0.2) is 29.2 Å². The summed E-state index contributed by atoms with van der Waals surface area (Å²) in [7, 11) is -3.57. The van der Waals surface area contributed by atoms with Crippen molar-refractivity contribution < 1.29 is 22.7 Å². The Morgan fingerprint density at radius 3 is 2.29 bits per heavy atom. The molecule has 2 aliphatic heterocycles. The Morgan fingerprint density at radius 2 is 1.76 bits per heavy atom. The molecule has 8 heteroatoms. The fraction of sp³-hybridized carbons (Fsp3) is 0.385. The van der Waals surface area contributed by atoms with Crippen molar-refractivity contribution >= 4 is 22.0 Å². The first-order chi connectivity index (χ1) is 9.89. The van der Waals surface area contributed by atoms with E-state index in [1.54, 1.807) is 24.3 Å². The molecule has 0 aliphatic carbocycles. The van der Waals surface area contributed by atoms with Crippen molar-refractivity contribution in [1.29, 1.82) is 0 Å². The van der Waals surface area contributed by atoms with E-state index in [0.717, 1.165) is 10.5 Å². The summed E-state index contributed by atoms with van der Waals surface area (Å²) in [6, 6.07) is 6.12. The van der Waals surface area contributed by atoms with Gasteiger partial charge < -0.3 is 4.74 Å². The second kappa shape index (κ2) is 4.81. The van der Waals surface area contributed by atoms with Crippen LogP contribution in [0.2, 0.25) is 0 Å². The molecule has 112 valence electrons. The zero-order valence-electron chi connectivity index (χ0n) is 11.4. The number of ether oxygens (including phenoxy) is 1. The van der Waals surface area contributed by atoms with Crippen LogP contribution >= 0.6 is 0 Å². The van der Waals surface area contributed by atoms with Crippen LogP contribution in [0.3, 0.4) is 0 Å². The largest absolute Gasteiger partial charge is 0.439 e. The average molecular weight is 310 g/mol. The van der Waals surface area contributed by atoms with E-state index in [9.17, 15) is 18.0 Å². The molecule has 7 nitrogen and oxygen atoms in total. The van der Waals surface area contributed by atoms with E-state index in [2.05, 4.69) is 4.74 Å². The van der Waals surface area contributed by atoms with E-state index in [0.29, 0.717) is 0 Å².